The number of carbonyl (C=O) groups excluding carboxylic acids is 1. The van der Waals surface area contributed by atoms with E-state index in [1.54, 1.807) is 0 Å². The molecule has 1 unspecified atom stereocenters. The van der Waals surface area contributed by atoms with Gasteiger partial charge in [-0.2, -0.15) is 10.5 Å². The van der Waals surface area contributed by atoms with Gasteiger partial charge in [0, 0.05) is 6.54 Å². The molecule has 0 saturated carbocycles. The molecular formula is C10H14N4O. The minimum absolute atomic E-state index is 0.0440. The van der Waals surface area contributed by atoms with Crippen molar-refractivity contribution < 1.29 is 4.79 Å². The normalized spacial score (nSPS) is 21.3. The number of rotatable bonds is 3. The minimum Gasteiger partial charge on any atom is -0.342 e. The largest absolute Gasteiger partial charge is 0.342 e. The lowest BCUT2D eigenvalue weighted by Crippen LogP contribution is -2.42. The van der Waals surface area contributed by atoms with Gasteiger partial charge in [-0.1, -0.05) is 0 Å². The van der Waals surface area contributed by atoms with Gasteiger partial charge in [-0.15, -0.1) is 0 Å². The van der Waals surface area contributed by atoms with Crippen molar-refractivity contribution in [2.75, 3.05) is 26.2 Å². The molecule has 1 amide bonds. The number of piperidine rings is 1. The summed E-state index contributed by atoms with van der Waals surface area (Å²) in [7, 11) is 0. The van der Waals surface area contributed by atoms with Crippen molar-refractivity contribution in [2.24, 2.45) is 5.92 Å². The van der Waals surface area contributed by atoms with E-state index in [1.807, 2.05) is 11.0 Å². The Balaban J connectivity index is 2.29. The molecule has 1 fully saturated rings. The maximum Gasteiger partial charge on any atom is 0.235 e. The number of hydrogen-bond donors (Lipinski definition) is 1. The third-order valence-electron chi connectivity index (χ3n) is 2.42. The molecule has 1 rings (SSSR count). The molecule has 0 radical (unpaired) electrons. The van der Waals surface area contributed by atoms with Crippen LogP contribution in [0.4, 0.5) is 0 Å². The van der Waals surface area contributed by atoms with Crippen LogP contribution in [0, 0.1) is 28.6 Å². The Morgan fingerprint density at radius 1 is 1.53 bits per heavy atom. The molecule has 1 saturated heterocycles. The molecule has 5 nitrogen and oxygen atoms in total. The van der Waals surface area contributed by atoms with Crippen LogP contribution in [0.5, 0.6) is 0 Å². The van der Waals surface area contributed by atoms with Crippen molar-refractivity contribution in [3.63, 3.8) is 0 Å². The first-order valence-corrected chi connectivity index (χ1v) is 5.02. The van der Waals surface area contributed by atoms with Gasteiger partial charge in [0.2, 0.25) is 5.91 Å². The Morgan fingerprint density at radius 2 is 2.33 bits per heavy atom. The fourth-order valence-corrected chi connectivity index (χ4v) is 1.70. The van der Waals surface area contributed by atoms with Gasteiger partial charge in [-0.05, 0) is 19.4 Å². The topological polar surface area (TPSA) is 79.9 Å². The van der Waals surface area contributed by atoms with E-state index in [2.05, 4.69) is 11.4 Å². The van der Waals surface area contributed by atoms with E-state index in [-0.39, 0.29) is 18.4 Å². The monoisotopic (exact) mass is 206 g/mol. The number of amides is 1. The van der Waals surface area contributed by atoms with Gasteiger partial charge >= 0.3 is 0 Å². The van der Waals surface area contributed by atoms with E-state index in [4.69, 9.17) is 10.5 Å². The Morgan fingerprint density at radius 3 is 3.00 bits per heavy atom. The highest BCUT2D eigenvalue weighted by Crippen LogP contribution is 2.14. The molecule has 1 aliphatic rings. The van der Waals surface area contributed by atoms with Gasteiger partial charge in [0.15, 0.2) is 0 Å². The molecular weight excluding hydrogens is 192 g/mol. The quantitative estimate of drug-likeness (QED) is 0.652. The molecule has 1 atom stereocenters. The van der Waals surface area contributed by atoms with Crippen molar-refractivity contribution in [3.05, 3.63) is 0 Å². The van der Waals surface area contributed by atoms with E-state index in [1.165, 1.54) is 0 Å². The highest BCUT2D eigenvalue weighted by atomic mass is 16.2. The summed E-state index contributed by atoms with van der Waals surface area (Å²) < 4.78 is 0. The maximum atomic E-state index is 11.3. The molecule has 0 aromatic heterocycles. The fourth-order valence-electron chi connectivity index (χ4n) is 1.70. The van der Waals surface area contributed by atoms with E-state index in [0.717, 1.165) is 19.4 Å². The van der Waals surface area contributed by atoms with E-state index < -0.39 is 0 Å². The molecule has 0 aromatic carbocycles. The third kappa shape index (κ3) is 3.97. The lowest BCUT2D eigenvalue weighted by atomic mass is 10.00. The zero-order chi connectivity index (χ0) is 11.1. The predicted molar refractivity (Wildman–Crippen MR) is 53.4 cm³/mol. The molecule has 0 aliphatic carbocycles. The van der Waals surface area contributed by atoms with E-state index in [0.29, 0.717) is 13.1 Å². The lowest BCUT2D eigenvalue weighted by Gasteiger charge is -2.28. The van der Waals surface area contributed by atoms with Crippen molar-refractivity contribution in [1.82, 2.24) is 10.2 Å². The summed E-state index contributed by atoms with van der Waals surface area (Å²) in [6, 6.07) is 4.08. The summed E-state index contributed by atoms with van der Waals surface area (Å²) in [4.78, 5) is 13.2. The second kappa shape index (κ2) is 6.00. The highest BCUT2D eigenvalue weighted by molar-refractivity contribution is 5.78. The summed E-state index contributed by atoms with van der Waals surface area (Å²) in [5, 5.41) is 19.5. The second-order valence-electron chi connectivity index (χ2n) is 3.64. The number of nitrogens with one attached hydrogen (secondary N) is 1. The van der Waals surface area contributed by atoms with Crippen LogP contribution in [0.15, 0.2) is 0 Å². The summed E-state index contributed by atoms with van der Waals surface area (Å²) in [5.41, 5.74) is 0. The molecule has 80 valence electrons. The molecule has 1 aliphatic heterocycles. The first kappa shape index (κ1) is 11.5. The maximum absolute atomic E-state index is 11.3. The Hall–Kier alpha value is -1.59. The average Bonchev–Trinajstić information content (AvgIpc) is 2.26. The lowest BCUT2D eigenvalue weighted by molar-refractivity contribution is -0.122. The van der Waals surface area contributed by atoms with Crippen LogP contribution in [0.3, 0.4) is 0 Å². The Bertz CT molecular complexity index is 302. The van der Waals surface area contributed by atoms with Gasteiger partial charge in [-0.25, -0.2) is 0 Å². The summed E-state index contributed by atoms with van der Waals surface area (Å²) in [5.74, 6) is -0.0994. The molecule has 1 heterocycles. The molecule has 15 heavy (non-hydrogen) atoms. The van der Waals surface area contributed by atoms with E-state index >= 15 is 0 Å². The first-order chi connectivity index (χ1) is 7.26. The van der Waals surface area contributed by atoms with Gasteiger partial charge in [0.1, 0.15) is 6.54 Å². The standard InChI is InChI=1S/C10H14N4O/c11-3-4-13-10(15)8-14-5-1-2-9(6-12)7-14/h9H,1-2,4-5,7-8H2,(H,13,15). The molecule has 0 bridgehead atoms. The number of likely N-dealkylation sites (tertiary alicyclic amines) is 1. The van der Waals surface area contributed by atoms with Gasteiger partial charge < -0.3 is 5.32 Å². The summed E-state index contributed by atoms with van der Waals surface area (Å²) in [6.45, 7) is 1.86. The Kier molecular flexibility index (Phi) is 4.59. The van der Waals surface area contributed by atoms with Crippen molar-refractivity contribution in [3.8, 4) is 12.1 Å². The highest BCUT2D eigenvalue weighted by Gasteiger charge is 2.20. The van der Waals surface area contributed by atoms with Crippen LogP contribution >= 0.6 is 0 Å². The van der Waals surface area contributed by atoms with Crippen molar-refractivity contribution in [1.29, 1.82) is 10.5 Å². The van der Waals surface area contributed by atoms with Crippen LogP contribution in [-0.2, 0) is 4.79 Å². The smallest absolute Gasteiger partial charge is 0.235 e. The number of nitriles is 2. The van der Waals surface area contributed by atoms with Crippen LogP contribution in [-0.4, -0.2) is 37.0 Å². The number of hydrogen-bond acceptors (Lipinski definition) is 4. The second-order valence-corrected chi connectivity index (χ2v) is 3.64. The first-order valence-electron chi connectivity index (χ1n) is 5.02. The average molecular weight is 206 g/mol. The number of carbonyl (C=O) groups is 1. The SMILES string of the molecule is N#CCNC(=O)CN1CCCC(C#N)C1. The third-order valence-corrected chi connectivity index (χ3v) is 2.42. The van der Waals surface area contributed by atoms with Crippen LogP contribution < -0.4 is 5.32 Å². The zero-order valence-electron chi connectivity index (χ0n) is 8.57. The van der Waals surface area contributed by atoms with Crippen LogP contribution in [0.1, 0.15) is 12.8 Å². The molecule has 1 N–H and O–H groups in total. The Labute approximate surface area is 89.3 Å². The molecule has 5 heteroatoms. The van der Waals surface area contributed by atoms with Crippen LogP contribution in [0.25, 0.3) is 0 Å². The van der Waals surface area contributed by atoms with Crippen LogP contribution in [0.2, 0.25) is 0 Å². The van der Waals surface area contributed by atoms with Gasteiger partial charge in [0.25, 0.3) is 0 Å². The minimum atomic E-state index is -0.143. The van der Waals surface area contributed by atoms with Gasteiger partial charge in [-0.3, -0.25) is 9.69 Å². The van der Waals surface area contributed by atoms with Gasteiger partial charge in [0.05, 0.1) is 24.6 Å². The fraction of sp³-hybridized carbons (Fsp3) is 0.700. The summed E-state index contributed by atoms with van der Waals surface area (Å²) >= 11 is 0. The molecule has 0 spiro atoms. The van der Waals surface area contributed by atoms with E-state index in [9.17, 15) is 4.79 Å². The summed E-state index contributed by atoms with van der Waals surface area (Å²) in [6.07, 6.45) is 1.89. The predicted octanol–water partition coefficient (Wildman–Crippen LogP) is -0.138. The van der Waals surface area contributed by atoms with Crippen molar-refractivity contribution in [2.45, 2.75) is 12.8 Å². The number of nitrogens with zero attached hydrogens (tertiary/aromatic N) is 3. The van der Waals surface area contributed by atoms with Crippen molar-refractivity contribution >= 4 is 5.91 Å². The zero-order valence-corrected chi connectivity index (χ0v) is 8.57. The molecule has 0 aromatic rings.